The van der Waals surface area contributed by atoms with Gasteiger partial charge in [0, 0.05) is 29.1 Å². The number of ketones is 1. The molecule has 0 bridgehead atoms. The highest BCUT2D eigenvalue weighted by Crippen LogP contribution is 2.41. The molecule has 1 aliphatic rings. The molecule has 0 spiro atoms. The summed E-state index contributed by atoms with van der Waals surface area (Å²) in [5.41, 5.74) is 2.68. The molecule has 0 aliphatic heterocycles. The molecule has 0 amide bonds. The quantitative estimate of drug-likeness (QED) is 0.0259. The number of benzene rings is 6. The van der Waals surface area contributed by atoms with Crippen molar-refractivity contribution in [1.29, 1.82) is 0 Å². The number of Topliss-reactive ketones (excluding diaryl/α,β-unsaturated/α-hetero) is 1. The average Bonchev–Trinajstić information content (AvgIpc) is 3.32. The summed E-state index contributed by atoms with van der Waals surface area (Å²) in [5.74, 6) is -1.70. The number of aryl methyl sites for hydroxylation is 1. The summed E-state index contributed by atoms with van der Waals surface area (Å²) in [6.45, 7) is 1.63. The van der Waals surface area contributed by atoms with E-state index >= 15 is 0 Å². The zero-order chi connectivity index (χ0) is 53.5. The Labute approximate surface area is 419 Å². The molecule has 6 aromatic carbocycles. The molecule has 8 rings (SSSR count). The van der Waals surface area contributed by atoms with Crippen molar-refractivity contribution in [2.24, 2.45) is 15.3 Å². The van der Waals surface area contributed by atoms with Crippen molar-refractivity contribution in [3.05, 3.63) is 125 Å². The number of allylic oxidation sites excluding steroid dienone is 1. The topological polar surface area (TPSA) is 397 Å². The maximum absolute atomic E-state index is 13.8. The standard InChI is InChI=1S/C44H36N10O16S4/c1-22-13-32(37(70-3)21-31(22)51-53-34-19-28(72(60,61)62)15-24-16-29(73(63,64)65)20-35(55)39(24)34)47-44-49-42(45-25-7-5-4-6-8-25)48-43(50-44)46-26-9-11-30-23(14-26)17-38(74(66,67)68)40(41(30)56)54-52-33-18-27(71(57,58)59)10-12-36(33)69-2/h4-21,52,55H,1-3H3,(H,57,58,59)(H,60,61,62)(H,63,64,65)(H,66,67,68)(H3,45,46,47,48,49,50)/b53-51?,54-40-. The van der Waals surface area contributed by atoms with Crippen molar-refractivity contribution in [1.82, 2.24) is 15.0 Å². The van der Waals surface area contributed by atoms with Crippen LogP contribution in [0.1, 0.15) is 21.5 Å². The van der Waals surface area contributed by atoms with Crippen molar-refractivity contribution in [2.75, 3.05) is 35.6 Å². The van der Waals surface area contributed by atoms with Gasteiger partial charge in [-0.3, -0.25) is 28.4 Å². The van der Waals surface area contributed by atoms with Crippen molar-refractivity contribution >= 4 is 121 Å². The second-order valence-electron chi connectivity index (χ2n) is 15.5. The summed E-state index contributed by atoms with van der Waals surface area (Å²) in [6.07, 6.45) is 0.981. The monoisotopic (exact) mass is 1090 g/mol. The number of aromatic nitrogens is 3. The smallest absolute Gasteiger partial charge is 0.296 e. The minimum Gasteiger partial charge on any atom is -0.507 e. The Morgan fingerprint density at radius 2 is 1.16 bits per heavy atom. The molecule has 382 valence electrons. The van der Waals surface area contributed by atoms with Crippen LogP contribution in [-0.4, -0.2) is 97.7 Å². The van der Waals surface area contributed by atoms with Crippen LogP contribution < -0.4 is 30.8 Å². The van der Waals surface area contributed by atoms with E-state index in [9.17, 15) is 61.8 Å². The highest BCUT2D eigenvalue weighted by Gasteiger charge is 2.33. The number of rotatable bonds is 16. The van der Waals surface area contributed by atoms with Crippen molar-refractivity contribution in [2.45, 2.75) is 21.6 Å². The van der Waals surface area contributed by atoms with Gasteiger partial charge in [0.1, 0.15) is 22.2 Å². The second kappa shape index (κ2) is 19.8. The maximum Gasteiger partial charge on any atom is 0.296 e. The van der Waals surface area contributed by atoms with Gasteiger partial charge in [-0.1, -0.05) is 18.2 Å². The predicted molar refractivity (Wildman–Crippen MR) is 267 cm³/mol. The molecule has 7 aromatic rings. The number of phenols is 1. The number of aromatic hydroxyl groups is 1. The van der Waals surface area contributed by atoms with Crippen LogP contribution in [0.25, 0.3) is 16.8 Å². The number of methoxy groups -OCH3 is 2. The van der Waals surface area contributed by atoms with Crippen LogP contribution in [0.4, 0.5) is 52.0 Å². The highest BCUT2D eigenvalue weighted by atomic mass is 32.2. The average molecular weight is 1090 g/mol. The molecule has 0 radical (unpaired) electrons. The molecular weight excluding hydrogens is 1050 g/mol. The van der Waals surface area contributed by atoms with E-state index in [0.717, 1.165) is 42.5 Å². The van der Waals surface area contributed by atoms with E-state index in [1.165, 1.54) is 44.6 Å². The summed E-state index contributed by atoms with van der Waals surface area (Å²) in [5, 5.41) is 31.7. The highest BCUT2D eigenvalue weighted by molar-refractivity contribution is 7.91. The van der Waals surface area contributed by atoms with Crippen LogP contribution >= 0.6 is 0 Å². The van der Waals surface area contributed by atoms with E-state index in [1.54, 1.807) is 43.3 Å². The number of carbonyl (C=O) groups excluding carboxylic acids is 1. The van der Waals surface area contributed by atoms with Crippen molar-refractivity contribution < 1.29 is 71.3 Å². The molecule has 9 N–H and O–H groups in total. The molecule has 1 aromatic heterocycles. The molecule has 0 unspecified atom stereocenters. The summed E-state index contributed by atoms with van der Waals surface area (Å²) < 4.78 is 147. The summed E-state index contributed by atoms with van der Waals surface area (Å²) >= 11 is 0. The van der Waals surface area contributed by atoms with Gasteiger partial charge < -0.3 is 30.5 Å². The zero-order valence-corrected chi connectivity index (χ0v) is 41.2. The van der Waals surface area contributed by atoms with Crippen LogP contribution in [-0.2, 0) is 40.5 Å². The van der Waals surface area contributed by atoms with Gasteiger partial charge in [0.2, 0.25) is 23.6 Å². The first-order chi connectivity index (χ1) is 34.8. The van der Waals surface area contributed by atoms with Gasteiger partial charge in [0.25, 0.3) is 40.5 Å². The van der Waals surface area contributed by atoms with E-state index in [1.807, 2.05) is 0 Å². The predicted octanol–water partition coefficient (Wildman–Crippen LogP) is 7.34. The SMILES string of the molecule is COc1ccc(S(=O)(=O)O)cc1N/N=C1\C(=O)c2ccc(Nc3nc(Nc4ccccc4)nc(Nc4cc(C)c(N=Nc5cc(S(=O)(=O)O)cc6cc(S(=O)(=O)O)cc(O)c56)cc4OC)n3)cc2C=C1S(=O)(=O)O. The third-order valence-corrected chi connectivity index (χ3v) is 13.9. The number of anilines is 7. The number of nitrogens with one attached hydrogen (secondary N) is 4. The molecule has 74 heavy (non-hydrogen) atoms. The Bertz CT molecular complexity index is 4040. The normalized spacial score (nSPS) is 13.6. The fourth-order valence-corrected chi connectivity index (χ4v) is 9.40. The van der Waals surface area contributed by atoms with Gasteiger partial charge in [-0.2, -0.15) is 58.8 Å². The third-order valence-electron chi connectivity index (χ3n) is 10.6. The number of phenolic OH excluding ortho intramolecular Hbond substituents is 1. The number of hydrogen-bond acceptors (Lipinski definition) is 22. The zero-order valence-electron chi connectivity index (χ0n) is 37.9. The molecular formula is C44H36N10O16S4. The minimum atomic E-state index is -5.14. The number of para-hydroxylation sites is 1. The number of nitrogens with zero attached hydrogens (tertiary/aromatic N) is 6. The van der Waals surface area contributed by atoms with Gasteiger partial charge in [-0.25, -0.2) is 0 Å². The number of fused-ring (bicyclic) bond motifs is 2. The van der Waals surface area contributed by atoms with Gasteiger partial charge in [0.05, 0.1) is 57.0 Å². The maximum atomic E-state index is 13.8. The molecule has 1 heterocycles. The lowest BCUT2D eigenvalue weighted by molar-refractivity contribution is 0.106. The van der Waals surface area contributed by atoms with E-state index in [2.05, 4.69) is 51.7 Å². The third kappa shape index (κ3) is 11.4. The fourth-order valence-electron chi connectivity index (χ4n) is 7.17. The lowest BCUT2D eigenvalue weighted by atomic mass is 9.94. The molecule has 0 fully saturated rings. The van der Waals surface area contributed by atoms with E-state index in [-0.39, 0.29) is 79.7 Å². The summed E-state index contributed by atoms with van der Waals surface area (Å²) in [4.78, 5) is 24.3. The largest absolute Gasteiger partial charge is 0.507 e. The van der Waals surface area contributed by atoms with Crippen molar-refractivity contribution in [3.63, 3.8) is 0 Å². The number of hydrazone groups is 1. The summed E-state index contributed by atoms with van der Waals surface area (Å²) in [6, 6.07) is 22.4. The lowest BCUT2D eigenvalue weighted by Gasteiger charge is -2.18. The van der Waals surface area contributed by atoms with Gasteiger partial charge in [-0.05, 0) is 102 Å². The van der Waals surface area contributed by atoms with Crippen LogP contribution in [0.15, 0.2) is 138 Å². The van der Waals surface area contributed by atoms with E-state index in [4.69, 9.17) is 9.47 Å². The minimum absolute atomic E-state index is 0.00245. The lowest BCUT2D eigenvalue weighted by Crippen LogP contribution is -2.27. The summed E-state index contributed by atoms with van der Waals surface area (Å²) in [7, 11) is -17.0. The first-order valence-electron chi connectivity index (χ1n) is 20.6. The number of azo groups is 1. The number of ether oxygens (including phenoxy) is 2. The van der Waals surface area contributed by atoms with Crippen molar-refractivity contribution in [3.8, 4) is 17.2 Å². The number of hydrogen-bond donors (Lipinski definition) is 9. The van der Waals surface area contributed by atoms with Crippen LogP contribution in [0.3, 0.4) is 0 Å². The Hall–Kier alpha value is -8.49. The van der Waals surface area contributed by atoms with Gasteiger partial charge in [-0.15, -0.1) is 5.11 Å². The molecule has 30 heteroatoms. The van der Waals surface area contributed by atoms with E-state index < -0.39 is 77.3 Å². The van der Waals surface area contributed by atoms with Crippen LogP contribution in [0, 0.1) is 6.92 Å². The number of carbonyl (C=O) groups is 1. The molecule has 26 nitrogen and oxygen atoms in total. The Morgan fingerprint density at radius 3 is 1.77 bits per heavy atom. The van der Waals surface area contributed by atoms with Crippen LogP contribution in [0.5, 0.6) is 17.2 Å². The second-order valence-corrected chi connectivity index (χ2v) is 21.2. The molecule has 0 saturated heterocycles. The molecule has 1 aliphatic carbocycles. The van der Waals surface area contributed by atoms with Gasteiger partial charge >= 0.3 is 0 Å². The Kier molecular flexibility index (Phi) is 13.9. The van der Waals surface area contributed by atoms with E-state index in [0.29, 0.717) is 11.3 Å². The molecule has 0 saturated carbocycles. The van der Waals surface area contributed by atoms with Gasteiger partial charge in [0.15, 0.2) is 5.71 Å². The Morgan fingerprint density at radius 1 is 0.568 bits per heavy atom. The fraction of sp³-hybridized carbons (Fsp3) is 0.0682. The molecule has 0 atom stereocenters. The first kappa shape index (κ1) is 51.9. The Balaban J connectivity index is 1.12. The first-order valence-corrected chi connectivity index (χ1v) is 26.4. The van der Waals surface area contributed by atoms with Crippen LogP contribution in [0.2, 0.25) is 0 Å².